The summed E-state index contributed by atoms with van der Waals surface area (Å²) in [4.78, 5) is 17.0. The number of nitrogens with zero attached hydrogens (tertiary/aromatic N) is 2. The largest absolute Gasteiger partial charge is 0.494 e. The standard InChI is InChI=1S/C19H29N3O2/c1-4-24-18-8-5-15(11-14(18)2)12-20-19(23)22-10-9-16-6-7-17(13-22)21(16)3/h5,8,11,16-17H,4,6-7,9-10,12-13H2,1-3H3,(H,20,23). The zero-order valence-corrected chi connectivity index (χ0v) is 15.0. The molecule has 0 radical (unpaired) electrons. The predicted molar refractivity (Wildman–Crippen MR) is 95.3 cm³/mol. The minimum Gasteiger partial charge on any atom is -0.494 e. The molecule has 2 atom stereocenters. The number of benzene rings is 1. The van der Waals surface area contributed by atoms with Crippen LogP contribution in [0.2, 0.25) is 0 Å². The zero-order valence-electron chi connectivity index (χ0n) is 15.0. The fraction of sp³-hybridized carbons (Fsp3) is 0.632. The Kier molecular flexibility index (Phi) is 5.29. The third-order valence-electron chi connectivity index (χ3n) is 5.42. The molecule has 3 rings (SSSR count). The van der Waals surface area contributed by atoms with Gasteiger partial charge in [0.2, 0.25) is 0 Å². The summed E-state index contributed by atoms with van der Waals surface area (Å²) in [6, 6.07) is 7.33. The van der Waals surface area contributed by atoms with Gasteiger partial charge in [-0.2, -0.15) is 0 Å². The summed E-state index contributed by atoms with van der Waals surface area (Å²) in [5.74, 6) is 0.916. The van der Waals surface area contributed by atoms with Crippen LogP contribution >= 0.6 is 0 Å². The Morgan fingerprint density at radius 3 is 2.83 bits per heavy atom. The molecule has 2 aliphatic rings. The van der Waals surface area contributed by atoms with Crippen LogP contribution in [0.1, 0.15) is 37.3 Å². The number of amides is 2. The van der Waals surface area contributed by atoms with Gasteiger partial charge in [0, 0.05) is 31.7 Å². The maximum absolute atomic E-state index is 12.5. The number of fused-ring (bicyclic) bond motifs is 2. The van der Waals surface area contributed by atoms with Gasteiger partial charge >= 0.3 is 6.03 Å². The summed E-state index contributed by atoms with van der Waals surface area (Å²) < 4.78 is 5.56. The van der Waals surface area contributed by atoms with E-state index in [0.29, 0.717) is 25.2 Å². The molecule has 2 heterocycles. The van der Waals surface area contributed by atoms with E-state index in [9.17, 15) is 4.79 Å². The predicted octanol–water partition coefficient (Wildman–Crippen LogP) is 2.77. The van der Waals surface area contributed by atoms with Gasteiger partial charge in [-0.05, 0) is 57.4 Å². The molecule has 5 nitrogen and oxygen atoms in total. The Bertz CT molecular complexity index is 590. The maximum atomic E-state index is 12.5. The summed E-state index contributed by atoms with van der Waals surface area (Å²) in [5.41, 5.74) is 2.22. The van der Waals surface area contributed by atoms with Gasteiger partial charge in [-0.3, -0.25) is 4.90 Å². The Balaban J connectivity index is 1.55. The highest BCUT2D eigenvalue weighted by Gasteiger charge is 2.35. The number of ether oxygens (including phenoxy) is 1. The van der Waals surface area contributed by atoms with Crippen molar-refractivity contribution in [3.63, 3.8) is 0 Å². The summed E-state index contributed by atoms with van der Waals surface area (Å²) in [5, 5.41) is 3.08. The van der Waals surface area contributed by atoms with E-state index in [4.69, 9.17) is 4.74 Å². The zero-order chi connectivity index (χ0) is 17.1. The van der Waals surface area contributed by atoms with E-state index < -0.39 is 0 Å². The minimum absolute atomic E-state index is 0.0579. The number of likely N-dealkylation sites (N-methyl/N-ethyl adjacent to an activating group) is 1. The highest BCUT2D eigenvalue weighted by Crippen LogP contribution is 2.28. The number of nitrogens with one attached hydrogen (secondary N) is 1. The Labute approximate surface area is 145 Å². The quantitative estimate of drug-likeness (QED) is 0.923. The fourth-order valence-electron chi connectivity index (χ4n) is 3.92. The number of urea groups is 1. The van der Waals surface area contributed by atoms with Crippen molar-refractivity contribution in [1.29, 1.82) is 0 Å². The third kappa shape index (κ3) is 3.66. The lowest BCUT2D eigenvalue weighted by Gasteiger charge is -2.26. The Morgan fingerprint density at radius 1 is 1.29 bits per heavy atom. The summed E-state index contributed by atoms with van der Waals surface area (Å²) in [6.07, 6.45) is 3.58. The number of aryl methyl sites for hydroxylation is 1. The molecule has 2 bridgehead atoms. The monoisotopic (exact) mass is 331 g/mol. The van der Waals surface area contributed by atoms with Crippen molar-refractivity contribution in [3.8, 4) is 5.75 Å². The molecule has 0 aliphatic carbocycles. The molecule has 1 aromatic carbocycles. The fourth-order valence-corrected chi connectivity index (χ4v) is 3.92. The van der Waals surface area contributed by atoms with E-state index in [0.717, 1.165) is 36.4 Å². The first-order chi connectivity index (χ1) is 11.6. The van der Waals surface area contributed by atoms with Gasteiger partial charge in [-0.25, -0.2) is 4.79 Å². The van der Waals surface area contributed by atoms with Crippen molar-refractivity contribution in [2.75, 3.05) is 26.7 Å². The minimum atomic E-state index is 0.0579. The molecule has 0 saturated carbocycles. The van der Waals surface area contributed by atoms with E-state index in [2.05, 4.69) is 23.3 Å². The highest BCUT2D eigenvalue weighted by molar-refractivity contribution is 5.74. The van der Waals surface area contributed by atoms with Crippen LogP contribution in [0.25, 0.3) is 0 Å². The van der Waals surface area contributed by atoms with Crippen molar-refractivity contribution in [3.05, 3.63) is 29.3 Å². The Morgan fingerprint density at radius 2 is 2.08 bits per heavy atom. The van der Waals surface area contributed by atoms with Crippen LogP contribution in [-0.2, 0) is 6.54 Å². The second-order valence-electron chi connectivity index (χ2n) is 6.98. The van der Waals surface area contributed by atoms with Crippen LogP contribution in [-0.4, -0.2) is 54.7 Å². The molecule has 1 N–H and O–H groups in total. The van der Waals surface area contributed by atoms with Crippen LogP contribution < -0.4 is 10.1 Å². The average molecular weight is 331 g/mol. The van der Waals surface area contributed by atoms with Crippen molar-refractivity contribution >= 4 is 6.03 Å². The van der Waals surface area contributed by atoms with Crippen LogP contribution in [0.3, 0.4) is 0 Å². The summed E-state index contributed by atoms with van der Waals surface area (Å²) in [6.45, 7) is 6.96. The lowest BCUT2D eigenvalue weighted by molar-refractivity contribution is 0.188. The number of likely N-dealkylation sites (tertiary alicyclic amines) is 1. The third-order valence-corrected chi connectivity index (χ3v) is 5.42. The average Bonchev–Trinajstić information content (AvgIpc) is 2.80. The van der Waals surface area contributed by atoms with E-state index in [-0.39, 0.29) is 6.03 Å². The molecule has 2 unspecified atom stereocenters. The molecular formula is C19H29N3O2. The maximum Gasteiger partial charge on any atom is 0.317 e. The van der Waals surface area contributed by atoms with E-state index in [1.165, 1.54) is 12.8 Å². The van der Waals surface area contributed by atoms with E-state index >= 15 is 0 Å². The normalized spacial score (nSPS) is 23.9. The van der Waals surface area contributed by atoms with E-state index in [1.54, 1.807) is 0 Å². The molecule has 2 saturated heterocycles. The molecule has 2 aliphatic heterocycles. The van der Waals surface area contributed by atoms with Gasteiger partial charge < -0.3 is 15.0 Å². The molecule has 2 amide bonds. The number of hydrogen-bond donors (Lipinski definition) is 1. The second kappa shape index (κ2) is 7.43. The van der Waals surface area contributed by atoms with Crippen molar-refractivity contribution in [1.82, 2.24) is 15.1 Å². The number of hydrogen-bond acceptors (Lipinski definition) is 3. The molecule has 2 fully saturated rings. The molecule has 0 spiro atoms. The Hall–Kier alpha value is -1.75. The highest BCUT2D eigenvalue weighted by atomic mass is 16.5. The van der Waals surface area contributed by atoms with Crippen molar-refractivity contribution in [2.24, 2.45) is 0 Å². The number of carbonyl (C=O) groups excluding carboxylic acids is 1. The van der Waals surface area contributed by atoms with Crippen LogP contribution in [0.4, 0.5) is 4.79 Å². The van der Waals surface area contributed by atoms with Crippen LogP contribution in [0.15, 0.2) is 18.2 Å². The summed E-state index contributed by atoms with van der Waals surface area (Å²) >= 11 is 0. The second-order valence-corrected chi connectivity index (χ2v) is 6.98. The van der Waals surface area contributed by atoms with Crippen LogP contribution in [0, 0.1) is 6.92 Å². The SMILES string of the molecule is CCOc1ccc(CNC(=O)N2CCC3CCC(C2)N3C)cc1C. The van der Waals surface area contributed by atoms with Gasteiger partial charge in [-0.1, -0.05) is 12.1 Å². The van der Waals surface area contributed by atoms with Crippen molar-refractivity contribution < 1.29 is 9.53 Å². The topological polar surface area (TPSA) is 44.8 Å². The first-order valence-corrected chi connectivity index (χ1v) is 9.05. The van der Waals surface area contributed by atoms with Gasteiger partial charge in [0.25, 0.3) is 0 Å². The van der Waals surface area contributed by atoms with Gasteiger partial charge in [0.1, 0.15) is 5.75 Å². The molecule has 5 heteroatoms. The number of carbonyl (C=O) groups is 1. The first-order valence-electron chi connectivity index (χ1n) is 9.05. The van der Waals surface area contributed by atoms with E-state index in [1.807, 2.05) is 30.9 Å². The summed E-state index contributed by atoms with van der Waals surface area (Å²) in [7, 11) is 2.20. The van der Waals surface area contributed by atoms with Gasteiger partial charge in [-0.15, -0.1) is 0 Å². The molecule has 1 aromatic rings. The molecule has 132 valence electrons. The van der Waals surface area contributed by atoms with Crippen molar-refractivity contribution in [2.45, 2.75) is 51.7 Å². The number of rotatable bonds is 4. The molecule has 0 aromatic heterocycles. The van der Waals surface area contributed by atoms with Gasteiger partial charge in [0.15, 0.2) is 0 Å². The molecular weight excluding hydrogens is 302 g/mol. The smallest absolute Gasteiger partial charge is 0.317 e. The first kappa shape index (κ1) is 17.1. The lowest BCUT2D eigenvalue weighted by Crippen LogP contribution is -2.44. The van der Waals surface area contributed by atoms with Gasteiger partial charge in [0.05, 0.1) is 6.61 Å². The van der Waals surface area contributed by atoms with Crippen LogP contribution in [0.5, 0.6) is 5.75 Å². The molecule has 24 heavy (non-hydrogen) atoms. The lowest BCUT2D eigenvalue weighted by atomic mass is 10.1.